The Bertz CT molecular complexity index is 934. The lowest BCUT2D eigenvalue weighted by Crippen LogP contribution is -2.39. The van der Waals surface area contributed by atoms with E-state index in [0.29, 0.717) is 18.9 Å². The van der Waals surface area contributed by atoms with E-state index in [9.17, 15) is 13.2 Å². The van der Waals surface area contributed by atoms with Crippen LogP contribution in [0.4, 0.5) is 13.2 Å². The van der Waals surface area contributed by atoms with Gasteiger partial charge >= 0.3 is 6.18 Å². The van der Waals surface area contributed by atoms with E-state index in [1.165, 1.54) is 18.5 Å². The molecule has 1 saturated heterocycles. The van der Waals surface area contributed by atoms with E-state index in [1.807, 2.05) is 18.9 Å². The van der Waals surface area contributed by atoms with Crippen molar-refractivity contribution in [2.75, 3.05) is 39.0 Å². The Morgan fingerprint density at radius 2 is 2.03 bits per heavy atom. The van der Waals surface area contributed by atoms with Crippen LogP contribution in [-0.2, 0) is 10.9 Å². The zero-order valence-electron chi connectivity index (χ0n) is 17.9. The third-order valence-electron chi connectivity index (χ3n) is 5.57. The van der Waals surface area contributed by atoms with Crippen molar-refractivity contribution in [3.63, 3.8) is 0 Å². The summed E-state index contributed by atoms with van der Waals surface area (Å²) < 4.78 is 49.6. The molecule has 3 heterocycles. The minimum atomic E-state index is -4.32. The number of halogens is 3. The number of hydrogen-bond acceptors (Lipinski definition) is 8. The quantitative estimate of drug-likeness (QED) is 0.621. The van der Waals surface area contributed by atoms with Gasteiger partial charge in [0.05, 0.1) is 24.0 Å². The molecule has 0 spiro atoms. The van der Waals surface area contributed by atoms with Crippen LogP contribution < -0.4 is 5.43 Å². The monoisotopic (exact) mass is 469 g/mol. The number of hydrogen-bond donors (Lipinski definition) is 1. The molecule has 1 aromatic heterocycles. The van der Waals surface area contributed by atoms with Crippen LogP contribution in [0, 0.1) is 6.92 Å². The Labute approximate surface area is 189 Å². The minimum absolute atomic E-state index is 0.0269. The number of amidine groups is 1. The summed E-state index contributed by atoms with van der Waals surface area (Å²) in [5, 5.41) is 4.38. The molecule has 1 aromatic carbocycles. The lowest BCUT2D eigenvalue weighted by Gasteiger charge is -2.33. The maximum atomic E-state index is 12.8. The average molecular weight is 470 g/mol. The Morgan fingerprint density at radius 1 is 1.25 bits per heavy atom. The molecule has 2 unspecified atom stereocenters. The van der Waals surface area contributed by atoms with Gasteiger partial charge in [-0.3, -0.25) is 10.3 Å². The molecule has 0 radical (unpaired) electrons. The van der Waals surface area contributed by atoms with E-state index in [2.05, 4.69) is 20.4 Å². The molecule has 2 aliphatic rings. The Morgan fingerprint density at radius 3 is 2.72 bits per heavy atom. The van der Waals surface area contributed by atoms with E-state index in [0.717, 1.165) is 54.5 Å². The summed E-state index contributed by atoms with van der Waals surface area (Å²) in [6, 6.07) is 5.27. The number of thioether (sulfide) groups is 1. The van der Waals surface area contributed by atoms with Gasteiger partial charge in [0, 0.05) is 20.1 Å². The summed E-state index contributed by atoms with van der Waals surface area (Å²) in [5.41, 5.74) is 4.10. The topological polar surface area (TPSA) is 66.1 Å². The van der Waals surface area contributed by atoms with Crippen LogP contribution in [0.15, 0.2) is 40.2 Å². The third-order valence-corrected chi connectivity index (χ3v) is 6.83. The molecule has 0 saturated carbocycles. The van der Waals surface area contributed by atoms with Crippen molar-refractivity contribution in [1.82, 2.24) is 20.2 Å². The normalized spacial score (nSPS) is 22.2. The summed E-state index contributed by atoms with van der Waals surface area (Å²) in [4.78, 5) is 8.46. The van der Waals surface area contributed by atoms with Gasteiger partial charge in [0.2, 0.25) is 0 Å². The van der Waals surface area contributed by atoms with E-state index in [4.69, 9.17) is 9.15 Å². The van der Waals surface area contributed by atoms with E-state index < -0.39 is 11.7 Å². The number of alkyl halides is 3. The number of nitrogens with one attached hydrogen (secondary N) is 1. The van der Waals surface area contributed by atoms with Crippen molar-refractivity contribution in [3.05, 3.63) is 53.2 Å². The molecule has 2 aliphatic heterocycles. The second-order valence-corrected chi connectivity index (χ2v) is 8.99. The highest BCUT2D eigenvalue weighted by molar-refractivity contribution is 7.99. The highest BCUT2D eigenvalue weighted by atomic mass is 32.2. The Hall–Kier alpha value is -2.24. The van der Waals surface area contributed by atoms with Gasteiger partial charge in [0.1, 0.15) is 0 Å². The first-order valence-electron chi connectivity index (χ1n) is 10.4. The number of aromatic nitrogens is 1. The predicted molar refractivity (Wildman–Crippen MR) is 116 cm³/mol. The molecule has 174 valence electrons. The highest BCUT2D eigenvalue weighted by Gasteiger charge is 2.31. The number of benzene rings is 1. The minimum Gasteiger partial charge on any atom is -0.440 e. The zero-order valence-corrected chi connectivity index (χ0v) is 18.7. The lowest BCUT2D eigenvalue weighted by molar-refractivity contribution is -0.137. The second kappa shape index (κ2) is 9.72. The molecule has 1 fully saturated rings. The number of nitrogens with zero attached hydrogens (tertiary/aromatic N) is 4. The summed E-state index contributed by atoms with van der Waals surface area (Å²) in [6.45, 7) is 4.85. The van der Waals surface area contributed by atoms with Gasteiger partial charge in [-0.2, -0.15) is 18.3 Å². The van der Waals surface area contributed by atoms with E-state index >= 15 is 0 Å². The standard InChI is InChI=1S/C21H26F3N5O2S/c1-14-18(31-13-25-14)19-26-27-20(28(19)2)32-11-3-8-29-9-10-30-17(12-29)15-4-6-16(7-5-15)21(22,23)24/h4-7,13,17,20,27H,3,8-12H2,1-2H3. The smallest absolute Gasteiger partial charge is 0.416 e. The molecule has 0 amide bonds. The Balaban J connectivity index is 1.21. The second-order valence-electron chi connectivity index (χ2n) is 7.80. The average Bonchev–Trinajstić information content (AvgIpc) is 3.36. The van der Waals surface area contributed by atoms with Gasteiger partial charge < -0.3 is 14.1 Å². The van der Waals surface area contributed by atoms with E-state index in [1.54, 1.807) is 11.8 Å². The van der Waals surface area contributed by atoms with Crippen LogP contribution in [0.3, 0.4) is 0 Å². The van der Waals surface area contributed by atoms with Crippen LogP contribution in [0.5, 0.6) is 0 Å². The first-order valence-corrected chi connectivity index (χ1v) is 11.5. The molecule has 32 heavy (non-hydrogen) atoms. The molecule has 11 heteroatoms. The maximum Gasteiger partial charge on any atom is 0.416 e. The number of rotatable bonds is 7. The van der Waals surface area contributed by atoms with Crippen LogP contribution in [-0.4, -0.2) is 65.2 Å². The number of aryl methyl sites for hydroxylation is 1. The molecular formula is C21H26F3N5O2S. The molecule has 7 nitrogen and oxygen atoms in total. The lowest BCUT2D eigenvalue weighted by atomic mass is 10.1. The Kier molecular flexibility index (Phi) is 6.96. The van der Waals surface area contributed by atoms with Gasteiger partial charge in [-0.25, -0.2) is 4.98 Å². The fourth-order valence-corrected chi connectivity index (χ4v) is 4.72. The molecule has 1 N–H and O–H groups in total. The predicted octanol–water partition coefficient (Wildman–Crippen LogP) is 3.68. The van der Waals surface area contributed by atoms with Crippen molar-refractivity contribution < 1.29 is 22.3 Å². The number of hydrazone groups is 1. The highest BCUT2D eigenvalue weighted by Crippen LogP contribution is 2.31. The van der Waals surface area contributed by atoms with Crippen molar-refractivity contribution in [3.8, 4) is 0 Å². The molecule has 2 aromatic rings. The van der Waals surface area contributed by atoms with Crippen molar-refractivity contribution in [1.29, 1.82) is 0 Å². The number of oxazole rings is 1. The van der Waals surface area contributed by atoms with Gasteiger partial charge in [0.15, 0.2) is 23.5 Å². The van der Waals surface area contributed by atoms with Gasteiger partial charge in [-0.15, -0.1) is 11.8 Å². The number of ether oxygens (including phenoxy) is 1. The van der Waals surface area contributed by atoms with Crippen LogP contribution >= 0.6 is 11.8 Å². The zero-order chi connectivity index (χ0) is 22.7. The fraction of sp³-hybridized carbons (Fsp3) is 0.524. The van der Waals surface area contributed by atoms with Gasteiger partial charge in [0.25, 0.3) is 0 Å². The van der Waals surface area contributed by atoms with Crippen LogP contribution in [0.25, 0.3) is 0 Å². The summed E-state index contributed by atoms with van der Waals surface area (Å²) >= 11 is 1.76. The number of morpholine rings is 1. The molecular weight excluding hydrogens is 443 g/mol. The van der Waals surface area contributed by atoms with Crippen LogP contribution in [0.1, 0.15) is 35.1 Å². The summed E-state index contributed by atoms with van der Waals surface area (Å²) in [7, 11) is 1.97. The van der Waals surface area contributed by atoms with Crippen molar-refractivity contribution in [2.45, 2.75) is 31.1 Å². The van der Waals surface area contributed by atoms with E-state index in [-0.39, 0.29) is 11.6 Å². The summed E-state index contributed by atoms with van der Waals surface area (Å²) in [6.07, 6.45) is -2.13. The third kappa shape index (κ3) is 5.21. The largest absolute Gasteiger partial charge is 0.440 e. The first-order chi connectivity index (χ1) is 15.3. The molecule has 4 rings (SSSR count). The molecule has 2 atom stereocenters. The van der Waals surface area contributed by atoms with Crippen LogP contribution in [0.2, 0.25) is 0 Å². The fourth-order valence-electron chi connectivity index (χ4n) is 3.75. The summed E-state index contributed by atoms with van der Waals surface area (Å²) in [5.74, 6) is 2.35. The maximum absolute atomic E-state index is 12.8. The van der Waals surface area contributed by atoms with Crippen molar-refractivity contribution >= 4 is 17.6 Å². The van der Waals surface area contributed by atoms with Gasteiger partial charge in [-0.1, -0.05) is 12.1 Å². The molecule has 0 bridgehead atoms. The first kappa shape index (κ1) is 22.9. The van der Waals surface area contributed by atoms with Gasteiger partial charge in [-0.05, 0) is 43.3 Å². The molecule has 0 aliphatic carbocycles. The van der Waals surface area contributed by atoms with Crippen molar-refractivity contribution in [2.24, 2.45) is 5.10 Å². The SMILES string of the molecule is Cc1ncoc1C1=NNC(SCCCN2CCOC(c3ccc(C(F)(F)F)cc3)C2)N1C.